The average molecular weight is 272 g/mol. The number of anilines is 1. The van der Waals surface area contributed by atoms with Crippen LogP contribution >= 0.6 is 11.3 Å². The number of carbonyl (C=O) groups excluding carboxylic acids is 1. The van der Waals surface area contributed by atoms with Crippen LogP contribution in [-0.4, -0.2) is 20.7 Å². The molecule has 6 nitrogen and oxygen atoms in total. The fraction of sp³-hybridized carbons (Fsp3) is 0. The summed E-state index contributed by atoms with van der Waals surface area (Å²) in [5, 5.41) is 0.304. The van der Waals surface area contributed by atoms with Crippen molar-refractivity contribution in [2.75, 3.05) is 5.73 Å². The second-order valence-electron chi connectivity index (χ2n) is 3.63. The third kappa shape index (κ3) is 2.11. The van der Waals surface area contributed by atoms with Gasteiger partial charge in [0.05, 0.1) is 12.5 Å². The van der Waals surface area contributed by atoms with Crippen molar-refractivity contribution in [1.82, 2.24) is 15.0 Å². The number of nitrogens with two attached hydrogens (primary N) is 1. The molecule has 0 saturated heterocycles. The minimum atomic E-state index is -0.270. The monoisotopic (exact) mass is 272 g/mol. The Morgan fingerprint density at radius 3 is 2.95 bits per heavy atom. The molecule has 0 radical (unpaired) electrons. The summed E-state index contributed by atoms with van der Waals surface area (Å²) in [7, 11) is 0. The van der Waals surface area contributed by atoms with Crippen molar-refractivity contribution in [3.8, 4) is 11.5 Å². The molecule has 3 rings (SSSR count). The third-order valence-electron chi connectivity index (χ3n) is 2.40. The largest absolute Gasteiger partial charge is 0.463 e. The van der Waals surface area contributed by atoms with Crippen molar-refractivity contribution in [3.63, 3.8) is 0 Å². The summed E-state index contributed by atoms with van der Waals surface area (Å²) in [6.07, 6.45) is 5.89. The van der Waals surface area contributed by atoms with Crippen LogP contribution < -0.4 is 5.73 Å². The van der Waals surface area contributed by atoms with Crippen LogP contribution in [0.25, 0.3) is 11.5 Å². The van der Waals surface area contributed by atoms with E-state index in [-0.39, 0.29) is 11.5 Å². The zero-order valence-corrected chi connectivity index (χ0v) is 10.4. The van der Waals surface area contributed by atoms with E-state index in [1.54, 1.807) is 12.1 Å². The number of nitrogen functional groups attached to an aromatic ring is 1. The maximum absolute atomic E-state index is 12.3. The number of aromatic nitrogens is 3. The second kappa shape index (κ2) is 4.62. The minimum absolute atomic E-state index is 0.249. The first-order chi connectivity index (χ1) is 9.25. The zero-order chi connectivity index (χ0) is 13.2. The van der Waals surface area contributed by atoms with Crippen molar-refractivity contribution in [3.05, 3.63) is 47.6 Å². The van der Waals surface area contributed by atoms with E-state index in [1.807, 2.05) is 0 Å². The van der Waals surface area contributed by atoms with E-state index < -0.39 is 0 Å². The molecule has 3 heterocycles. The number of hydrogen-bond donors (Lipinski definition) is 1. The zero-order valence-electron chi connectivity index (χ0n) is 9.61. The molecule has 0 atom stereocenters. The first-order valence-corrected chi connectivity index (χ1v) is 6.18. The van der Waals surface area contributed by atoms with Gasteiger partial charge in [0.2, 0.25) is 5.78 Å². The van der Waals surface area contributed by atoms with E-state index >= 15 is 0 Å². The van der Waals surface area contributed by atoms with E-state index in [1.165, 1.54) is 24.9 Å². The van der Waals surface area contributed by atoms with Crippen molar-refractivity contribution >= 4 is 22.3 Å². The van der Waals surface area contributed by atoms with Gasteiger partial charge in [0.15, 0.2) is 10.9 Å². The van der Waals surface area contributed by atoms with E-state index in [0.29, 0.717) is 21.5 Å². The Bertz CT molecular complexity index is 707. The van der Waals surface area contributed by atoms with Gasteiger partial charge >= 0.3 is 0 Å². The molecule has 0 aromatic carbocycles. The van der Waals surface area contributed by atoms with Crippen molar-refractivity contribution in [2.24, 2.45) is 0 Å². The molecule has 3 aromatic heterocycles. The van der Waals surface area contributed by atoms with Gasteiger partial charge in [-0.2, -0.15) is 0 Å². The highest BCUT2D eigenvalue weighted by atomic mass is 32.1. The van der Waals surface area contributed by atoms with Gasteiger partial charge < -0.3 is 10.2 Å². The summed E-state index contributed by atoms with van der Waals surface area (Å²) in [5.41, 5.74) is 6.36. The lowest BCUT2D eigenvalue weighted by Crippen LogP contribution is -2.03. The van der Waals surface area contributed by atoms with E-state index in [2.05, 4.69) is 15.0 Å². The molecule has 7 heteroatoms. The Balaban J connectivity index is 2.09. The molecule has 0 amide bonds. The average Bonchev–Trinajstić information content (AvgIpc) is 3.07. The summed E-state index contributed by atoms with van der Waals surface area (Å²) in [4.78, 5) is 24.7. The van der Waals surface area contributed by atoms with Crippen LogP contribution in [0, 0.1) is 0 Å². The highest BCUT2D eigenvalue weighted by molar-refractivity contribution is 7.18. The number of furan rings is 1. The number of carbonyl (C=O) groups is 1. The predicted molar refractivity (Wildman–Crippen MR) is 69.7 cm³/mol. The molecule has 0 spiro atoms. The normalized spacial score (nSPS) is 10.5. The first-order valence-electron chi connectivity index (χ1n) is 5.36. The minimum Gasteiger partial charge on any atom is -0.463 e. The van der Waals surface area contributed by atoms with Crippen LogP contribution in [-0.2, 0) is 0 Å². The lowest BCUT2D eigenvalue weighted by atomic mass is 10.2. The molecule has 0 aliphatic heterocycles. The molecule has 2 N–H and O–H groups in total. The quantitative estimate of drug-likeness (QED) is 0.733. The van der Waals surface area contributed by atoms with E-state index in [0.717, 1.165) is 11.3 Å². The fourth-order valence-corrected chi connectivity index (χ4v) is 2.39. The van der Waals surface area contributed by atoms with Crippen molar-refractivity contribution < 1.29 is 9.21 Å². The van der Waals surface area contributed by atoms with Gasteiger partial charge in [-0.3, -0.25) is 9.78 Å². The van der Waals surface area contributed by atoms with Crippen molar-refractivity contribution in [1.29, 1.82) is 0 Å². The summed E-state index contributed by atoms with van der Waals surface area (Å²) in [6.45, 7) is 0. The summed E-state index contributed by atoms with van der Waals surface area (Å²) in [6, 6.07) is 3.45. The molecule has 0 bridgehead atoms. The third-order valence-corrected chi connectivity index (χ3v) is 3.28. The van der Waals surface area contributed by atoms with E-state index in [4.69, 9.17) is 10.2 Å². The van der Waals surface area contributed by atoms with Gasteiger partial charge in [0.1, 0.15) is 16.3 Å². The lowest BCUT2D eigenvalue weighted by molar-refractivity contribution is 0.103. The lowest BCUT2D eigenvalue weighted by Gasteiger charge is -1.98. The number of nitrogens with zero attached hydrogens (tertiary/aromatic N) is 3. The molecule has 0 unspecified atom stereocenters. The number of ketones is 1. The number of hydrogen-bond acceptors (Lipinski definition) is 7. The van der Waals surface area contributed by atoms with Gasteiger partial charge in [-0.25, -0.2) is 9.97 Å². The molecule has 0 aliphatic carbocycles. The highest BCUT2D eigenvalue weighted by Gasteiger charge is 2.22. The van der Waals surface area contributed by atoms with Crippen LogP contribution in [0.5, 0.6) is 0 Å². The van der Waals surface area contributed by atoms with Crippen molar-refractivity contribution in [2.45, 2.75) is 0 Å². The Labute approximate surface area is 112 Å². The van der Waals surface area contributed by atoms with Gasteiger partial charge in [-0.15, -0.1) is 0 Å². The Morgan fingerprint density at radius 1 is 1.37 bits per heavy atom. The molecular formula is C12H8N4O2S. The Hall–Kier alpha value is -2.54. The highest BCUT2D eigenvalue weighted by Crippen LogP contribution is 2.31. The first kappa shape index (κ1) is 11.5. The topological polar surface area (TPSA) is 94.9 Å². The molecule has 0 saturated carbocycles. The van der Waals surface area contributed by atoms with Gasteiger partial charge in [-0.05, 0) is 12.1 Å². The smallest absolute Gasteiger partial charge is 0.225 e. The maximum atomic E-state index is 12.3. The Kier molecular flexibility index (Phi) is 2.81. The maximum Gasteiger partial charge on any atom is 0.225 e. The van der Waals surface area contributed by atoms with Crippen LogP contribution in [0.1, 0.15) is 15.4 Å². The standard InChI is InChI=1S/C12H8N4O2S/c13-12-16-9(8-2-1-5-18-8)11(19-12)10(17)7-6-14-3-4-15-7/h1-6H,(H2,13,16). The second-order valence-corrected chi connectivity index (χ2v) is 4.66. The fourth-order valence-electron chi connectivity index (χ4n) is 1.60. The number of rotatable bonds is 3. The van der Waals surface area contributed by atoms with Gasteiger partial charge in [0.25, 0.3) is 0 Å². The number of thiazole rings is 1. The summed E-state index contributed by atoms with van der Waals surface area (Å²) < 4.78 is 5.26. The molecular weight excluding hydrogens is 264 g/mol. The van der Waals surface area contributed by atoms with Crippen LogP contribution in [0.2, 0.25) is 0 Å². The van der Waals surface area contributed by atoms with Crippen LogP contribution in [0.4, 0.5) is 5.13 Å². The van der Waals surface area contributed by atoms with Gasteiger partial charge in [0, 0.05) is 12.4 Å². The Morgan fingerprint density at radius 2 is 2.26 bits per heavy atom. The SMILES string of the molecule is Nc1nc(-c2ccco2)c(C(=O)c2cnccn2)s1. The predicted octanol–water partition coefficient (Wildman–Crippen LogP) is 2.01. The molecule has 3 aromatic rings. The summed E-state index contributed by atoms with van der Waals surface area (Å²) in [5.74, 6) is 0.230. The molecule has 0 aliphatic rings. The molecule has 94 valence electrons. The van der Waals surface area contributed by atoms with Crippen LogP contribution in [0.3, 0.4) is 0 Å². The van der Waals surface area contributed by atoms with Crippen LogP contribution in [0.15, 0.2) is 41.4 Å². The van der Waals surface area contributed by atoms with Gasteiger partial charge in [-0.1, -0.05) is 11.3 Å². The summed E-state index contributed by atoms with van der Waals surface area (Å²) >= 11 is 1.10. The molecule has 19 heavy (non-hydrogen) atoms. The van der Waals surface area contributed by atoms with E-state index in [9.17, 15) is 4.79 Å². The molecule has 0 fully saturated rings.